The summed E-state index contributed by atoms with van der Waals surface area (Å²) >= 11 is 0. The fourth-order valence-corrected chi connectivity index (χ4v) is 4.95. The van der Waals surface area contributed by atoms with Gasteiger partial charge in [-0.25, -0.2) is 13.6 Å². The predicted molar refractivity (Wildman–Crippen MR) is 122 cm³/mol. The van der Waals surface area contributed by atoms with Crippen molar-refractivity contribution in [2.45, 2.75) is 25.4 Å². The number of ether oxygens (including phenoxy) is 4. The van der Waals surface area contributed by atoms with Crippen LogP contribution in [0.3, 0.4) is 0 Å². The number of methoxy groups -OCH3 is 2. The molecule has 1 aliphatic heterocycles. The summed E-state index contributed by atoms with van der Waals surface area (Å²) in [6.07, 6.45) is -0.690. The zero-order valence-corrected chi connectivity index (χ0v) is 19.5. The van der Waals surface area contributed by atoms with Crippen LogP contribution in [0.2, 0.25) is 0 Å². The molecule has 0 radical (unpaired) electrons. The first-order valence-corrected chi connectivity index (χ1v) is 11.9. The number of rotatable bonds is 7. The minimum Gasteiger partial charge on any atom is -0.493 e. The van der Waals surface area contributed by atoms with Gasteiger partial charge in [0.15, 0.2) is 11.5 Å². The highest BCUT2D eigenvalue weighted by Crippen LogP contribution is 2.51. The first-order chi connectivity index (χ1) is 16.1. The molecule has 10 heteroatoms. The lowest BCUT2D eigenvalue weighted by Gasteiger charge is -2.32. The van der Waals surface area contributed by atoms with Gasteiger partial charge in [0.05, 0.1) is 25.5 Å². The van der Waals surface area contributed by atoms with Crippen LogP contribution in [0.15, 0.2) is 48.5 Å². The van der Waals surface area contributed by atoms with E-state index in [-0.39, 0.29) is 11.5 Å². The standard InChI is InChI=1S/C24H23F2NO6S/c1-13-15(12-34(27,28)29)7-9-16-21(13)23(14-8-10-17(30-2)20(11-14)31-3)32-18-5-4-6-19(22(16)18)33-24(25)26/h4-11,23-24H,12H2,1-3H3,(H2,27,28,29). The molecule has 180 valence electrons. The summed E-state index contributed by atoms with van der Waals surface area (Å²) in [5.41, 5.74) is 3.36. The highest BCUT2D eigenvalue weighted by atomic mass is 32.2. The van der Waals surface area contributed by atoms with Crippen LogP contribution in [-0.4, -0.2) is 29.2 Å². The summed E-state index contributed by atoms with van der Waals surface area (Å²) in [4.78, 5) is 0. The third-order valence-electron chi connectivity index (χ3n) is 5.67. The van der Waals surface area contributed by atoms with Gasteiger partial charge in [-0.1, -0.05) is 24.3 Å². The largest absolute Gasteiger partial charge is 0.493 e. The lowest BCUT2D eigenvalue weighted by atomic mass is 9.84. The maximum atomic E-state index is 13.1. The van der Waals surface area contributed by atoms with E-state index in [9.17, 15) is 17.2 Å². The molecule has 0 fully saturated rings. The summed E-state index contributed by atoms with van der Waals surface area (Å²) in [7, 11) is -0.782. The fourth-order valence-electron chi connectivity index (χ4n) is 4.21. The van der Waals surface area contributed by atoms with Gasteiger partial charge in [-0.2, -0.15) is 8.78 Å². The van der Waals surface area contributed by atoms with Crippen molar-refractivity contribution in [3.8, 4) is 34.1 Å². The quantitative estimate of drug-likeness (QED) is 0.521. The number of fused-ring (bicyclic) bond motifs is 3. The second-order valence-corrected chi connectivity index (χ2v) is 9.35. The molecule has 0 amide bonds. The molecule has 1 heterocycles. The van der Waals surface area contributed by atoms with Crippen molar-refractivity contribution >= 4 is 10.0 Å². The van der Waals surface area contributed by atoms with E-state index in [1.54, 1.807) is 49.4 Å². The number of halogens is 2. The summed E-state index contributed by atoms with van der Waals surface area (Å²) in [5.74, 6) is 0.925. The molecule has 1 aliphatic rings. The average molecular weight is 492 g/mol. The van der Waals surface area contributed by atoms with Gasteiger partial charge in [-0.3, -0.25) is 0 Å². The van der Waals surface area contributed by atoms with Crippen molar-refractivity contribution in [3.63, 3.8) is 0 Å². The minimum absolute atomic E-state index is 0.0434. The fraction of sp³-hybridized carbons (Fsp3) is 0.250. The molecule has 1 atom stereocenters. The van der Waals surface area contributed by atoms with Crippen molar-refractivity contribution in [2.24, 2.45) is 5.14 Å². The SMILES string of the molecule is COc1ccc(C2Oc3cccc(OC(F)F)c3-c3ccc(CS(N)(=O)=O)c(C)c32)cc1OC. The van der Waals surface area contributed by atoms with Crippen LogP contribution in [-0.2, 0) is 15.8 Å². The molecule has 34 heavy (non-hydrogen) atoms. The van der Waals surface area contributed by atoms with E-state index in [2.05, 4.69) is 0 Å². The Hall–Kier alpha value is -3.37. The number of primary sulfonamides is 1. The van der Waals surface area contributed by atoms with Crippen LogP contribution in [0, 0.1) is 6.92 Å². The van der Waals surface area contributed by atoms with E-state index in [1.807, 2.05) is 0 Å². The molecule has 4 rings (SSSR count). The summed E-state index contributed by atoms with van der Waals surface area (Å²) in [6.45, 7) is -1.28. The van der Waals surface area contributed by atoms with E-state index in [0.717, 1.165) is 0 Å². The molecular weight excluding hydrogens is 468 g/mol. The first kappa shape index (κ1) is 23.8. The van der Waals surface area contributed by atoms with Gasteiger partial charge in [0.2, 0.25) is 10.0 Å². The zero-order valence-electron chi connectivity index (χ0n) is 18.7. The van der Waals surface area contributed by atoms with Crippen LogP contribution in [0.1, 0.15) is 28.4 Å². The molecule has 3 aromatic rings. The van der Waals surface area contributed by atoms with E-state index in [1.165, 1.54) is 20.3 Å². The number of hydrogen-bond acceptors (Lipinski definition) is 6. The van der Waals surface area contributed by atoms with E-state index >= 15 is 0 Å². The highest BCUT2D eigenvalue weighted by molar-refractivity contribution is 7.88. The van der Waals surface area contributed by atoms with E-state index in [4.69, 9.17) is 24.1 Å². The van der Waals surface area contributed by atoms with Crippen LogP contribution < -0.4 is 24.1 Å². The monoisotopic (exact) mass is 491 g/mol. The summed E-state index contributed by atoms with van der Waals surface area (Å²) in [5, 5.41) is 5.29. The number of hydrogen-bond donors (Lipinski definition) is 1. The number of alkyl halides is 2. The Bertz CT molecular complexity index is 1340. The van der Waals surface area contributed by atoms with Crippen LogP contribution in [0.5, 0.6) is 23.0 Å². The average Bonchev–Trinajstić information content (AvgIpc) is 2.78. The molecule has 1 unspecified atom stereocenters. The summed E-state index contributed by atoms with van der Waals surface area (Å²) in [6, 6.07) is 13.2. The maximum absolute atomic E-state index is 13.1. The second-order valence-electron chi connectivity index (χ2n) is 7.74. The molecule has 0 aromatic heterocycles. The number of benzene rings is 3. The van der Waals surface area contributed by atoms with Gasteiger partial charge < -0.3 is 18.9 Å². The third-order valence-corrected chi connectivity index (χ3v) is 6.39. The highest BCUT2D eigenvalue weighted by Gasteiger charge is 2.33. The lowest BCUT2D eigenvalue weighted by Crippen LogP contribution is -2.20. The van der Waals surface area contributed by atoms with Crippen LogP contribution >= 0.6 is 0 Å². The van der Waals surface area contributed by atoms with Gasteiger partial charge in [-0.05, 0) is 47.9 Å². The molecule has 7 nitrogen and oxygen atoms in total. The second kappa shape index (κ2) is 9.11. The Labute approximate surface area is 196 Å². The molecule has 0 bridgehead atoms. The lowest BCUT2D eigenvalue weighted by molar-refractivity contribution is -0.0496. The van der Waals surface area contributed by atoms with E-state index < -0.39 is 22.7 Å². The molecule has 3 aromatic carbocycles. The first-order valence-electron chi connectivity index (χ1n) is 10.2. The van der Waals surface area contributed by atoms with Gasteiger partial charge >= 0.3 is 6.61 Å². The molecule has 0 saturated carbocycles. The molecule has 2 N–H and O–H groups in total. The number of nitrogens with two attached hydrogens (primary N) is 1. The predicted octanol–water partition coefficient (Wildman–Crippen LogP) is 4.55. The normalized spacial score (nSPS) is 14.7. The molecular formula is C24H23F2NO6S. The maximum Gasteiger partial charge on any atom is 0.387 e. The van der Waals surface area contributed by atoms with Crippen LogP contribution in [0.4, 0.5) is 8.78 Å². The van der Waals surface area contributed by atoms with Crippen molar-refractivity contribution < 1.29 is 36.1 Å². The summed E-state index contributed by atoms with van der Waals surface area (Å²) < 4.78 is 71.7. The molecule has 0 aliphatic carbocycles. The Kier molecular flexibility index (Phi) is 6.37. The van der Waals surface area contributed by atoms with E-state index in [0.29, 0.717) is 50.6 Å². The minimum atomic E-state index is -3.81. The molecule has 0 saturated heterocycles. The Morgan fingerprint density at radius 3 is 2.41 bits per heavy atom. The zero-order chi connectivity index (χ0) is 24.6. The molecule has 0 spiro atoms. The van der Waals surface area contributed by atoms with Crippen molar-refractivity contribution in [1.82, 2.24) is 0 Å². The van der Waals surface area contributed by atoms with Gasteiger partial charge in [0.1, 0.15) is 17.6 Å². The van der Waals surface area contributed by atoms with Crippen LogP contribution in [0.25, 0.3) is 11.1 Å². The van der Waals surface area contributed by atoms with Crippen molar-refractivity contribution in [2.75, 3.05) is 14.2 Å². The Morgan fingerprint density at radius 2 is 1.76 bits per heavy atom. The van der Waals surface area contributed by atoms with Crippen molar-refractivity contribution in [1.29, 1.82) is 0 Å². The van der Waals surface area contributed by atoms with Gasteiger partial charge in [-0.15, -0.1) is 0 Å². The third kappa shape index (κ3) is 4.51. The topological polar surface area (TPSA) is 97.1 Å². The Morgan fingerprint density at radius 1 is 1.03 bits per heavy atom. The van der Waals surface area contributed by atoms with Gasteiger partial charge in [0, 0.05) is 11.1 Å². The number of sulfonamides is 1. The smallest absolute Gasteiger partial charge is 0.387 e. The van der Waals surface area contributed by atoms with Crippen molar-refractivity contribution in [3.05, 3.63) is 70.8 Å². The van der Waals surface area contributed by atoms with Gasteiger partial charge in [0.25, 0.3) is 0 Å². The Balaban J connectivity index is 1.97.